The van der Waals surface area contributed by atoms with E-state index in [4.69, 9.17) is 4.55 Å². The maximum absolute atomic E-state index is 13.4. The van der Waals surface area contributed by atoms with Gasteiger partial charge in [0.25, 0.3) is 10.1 Å². The van der Waals surface area contributed by atoms with Gasteiger partial charge in [-0.1, -0.05) is 0 Å². The number of halogens is 9. The molecule has 0 bridgehead atoms. The normalized spacial score (nSPS) is 21.6. The monoisotopic (exact) mass is 420 g/mol. The van der Waals surface area contributed by atoms with E-state index in [1.54, 1.807) is 0 Å². The van der Waals surface area contributed by atoms with Gasteiger partial charge in [0.2, 0.25) is 0 Å². The zero-order valence-electron chi connectivity index (χ0n) is 14.5. The van der Waals surface area contributed by atoms with Gasteiger partial charge < -0.3 is 1.43 Å². The third-order valence-electron chi connectivity index (χ3n) is 3.20. The summed E-state index contributed by atoms with van der Waals surface area (Å²) in [5, 5.41) is 0. The summed E-state index contributed by atoms with van der Waals surface area (Å²) in [4.78, 5) is 0. The largest absolute Gasteiger partial charge is 1.00 e. The average molecular weight is 420 g/mol. The minimum Gasteiger partial charge on any atom is -1.00 e. The van der Waals surface area contributed by atoms with Crippen LogP contribution < -0.4 is 18.9 Å². The first-order valence-electron chi connectivity index (χ1n) is 6.97. The average Bonchev–Trinajstić information content (AvgIpc) is 2.53. The molecule has 0 rings (SSSR count). The predicted octanol–water partition coefficient (Wildman–Crippen LogP) is 0.445. The van der Waals surface area contributed by atoms with Crippen molar-refractivity contribution in [3.8, 4) is 0 Å². The molecule has 154 valence electrons. The fourth-order valence-corrected chi connectivity index (χ4v) is 2.41. The van der Waals surface area contributed by atoms with Gasteiger partial charge in [0.1, 0.15) is 11.9 Å². The minimum absolute atomic E-state index is 0. The van der Waals surface area contributed by atoms with Crippen molar-refractivity contribution in [3.63, 3.8) is 0 Å². The summed E-state index contributed by atoms with van der Waals surface area (Å²) in [6, 6.07) is 0. The van der Waals surface area contributed by atoms with Crippen molar-refractivity contribution in [2.45, 2.75) is 62.2 Å². The smallest absolute Gasteiger partial charge is 1.00 e. The molecule has 8 atom stereocenters. The van der Waals surface area contributed by atoms with Crippen LogP contribution in [0.1, 0.15) is 14.3 Å². The van der Waals surface area contributed by atoms with Gasteiger partial charge in [0.05, 0.1) is 6.67 Å². The van der Waals surface area contributed by atoms with Crippen LogP contribution in [0.2, 0.25) is 0 Å². The standard InChI is InChI=1S/C12H17F9O3S.Li.H/c13-3-1-2-5(14)7(16)9(18)11(20)12(21)10(19)8(17)6(15)4-25(22,23)24;;/h5-12H,1-4H2,(H,22,23,24);;/q;+1;-1. The summed E-state index contributed by atoms with van der Waals surface area (Å²) >= 11 is 0. The Morgan fingerprint density at radius 2 is 1.08 bits per heavy atom. The van der Waals surface area contributed by atoms with Gasteiger partial charge in [0.15, 0.2) is 43.2 Å². The first-order valence-corrected chi connectivity index (χ1v) is 8.58. The van der Waals surface area contributed by atoms with Crippen LogP contribution in [0, 0.1) is 0 Å². The zero-order valence-corrected chi connectivity index (χ0v) is 14.3. The Morgan fingerprint density at radius 3 is 1.42 bits per heavy atom. The Morgan fingerprint density at radius 1 is 0.731 bits per heavy atom. The van der Waals surface area contributed by atoms with Crippen molar-refractivity contribution in [1.82, 2.24) is 0 Å². The van der Waals surface area contributed by atoms with Gasteiger partial charge in [0, 0.05) is 0 Å². The van der Waals surface area contributed by atoms with E-state index >= 15 is 0 Å². The Labute approximate surface area is 158 Å². The second-order valence-electron chi connectivity index (χ2n) is 5.28. The van der Waals surface area contributed by atoms with Crippen LogP contribution in [0.5, 0.6) is 0 Å². The van der Waals surface area contributed by atoms with Crippen molar-refractivity contribution in [3.05, 3.63) is 0 Å². The number of hydrogen-bond donors (Lipinski definition) is 1. The van der Waals surface area contributed by atoms with E-state index in [9.17, 15) is 47.9 Å². The van der Waals surface area contributed by atoms with Crippen LogP contribution in [-0.2, 0) is 10.1 Å². The Hall–Kier alpha value is -0.123. The van der Waals surface area contributed by atoms with Crippen molar-refractivity contribution in [2.75, 3.05) is 12.4 Å². The maximum Gasteiger partial charge on any atom is 1.00 e. The molecule has 0 aliphatic rings. The van der Waals surface area contributed by atoms with E-state index in [1.165, 1.54) is 0 Å². The van der Waals surface area contributed by atoms with Crippen molar-refractivity contribution in [2.24, 2.45) is 0 Å². The molecule has 0 aromatic carbocycles. The predicted molar refractivity (Wildman–Crippen MR) is 71.9 cm³/mol. The van der Waals surface area contributed by atoms with Crippen molar-refractivity contribution < 1.29 is 72.8 Å². The van der Waals surface area contributed by atoms with E-state index in [1.807, 2.05) is 0 Å². The van der Waals surface area contributed by atoms with Gasteiger partial charge in [-0.3, -0.25) is 8.94 Å². The Bertz CT molecular complexity index is 493. The van der Waals surface area contributed by atoms with Crippen LogP contribution in [0.15, 0.2) is 0 Å². The molecule has 0 radical (unpaired) electrons. The summed E-state index contributed by atoms with van der Waals surface area (Å²) in [5.41, 5.74) is 0. The van der Waals surface area contributed by atoms with Crippen LogP contribution in [-0.4, -0.2) is 74.8 Å². The summed E-state index contributed by atoms with van der Waals surface area (Å²) in [5.74, 6) is -1.97. The molecule has 0 aliphatic carbocycles. The molecule has 0 amide bonds. The molecular formula is C12H18F9LiO3S. The van der Waals surface area contributed by atoms with E-state index in [0.29, 0.717) is 0 Å². The first-order chi connectivity index (χ1) is 11.3. The van der Waals surface area contributed by atoms with Crippen LogP contribution >= 0.6 is 0 Å². The Balaban J connectivity index is -0.00000288. The Kier molecular flexibility index (Phi) is 13.4. The van der Waals surface area contributed by atoms with Gasteiger partial charge in [-0.25, -0.2) is 35.1 Å². The number of rotatable bonds is 12. The summed E-state index contributed by atoms with van der Waals surface area (Å²) in [6.07, 6.45) is -29.2. The van der Waals surface area contributed by atoms with E-state index in [-0.39, 0.29) is 20.3 Å². The second-order valence-corrected chi connectivity index (χ2v) is 6.78. The zero-order chi connectivity index (χ0) is 19.9. The third-order valence-corrected chi connectivity index (χ3v) is 3.94. The second kappa shape index (κ2) is 12.4. The van der Waals surface area contributed by atoms with Crippen molar-refractivity contribution >= 4 is 10.1 Å². The molecule has 1 N–H and O–H groups in total. The molecule has 0 aromatic heterocycles. The molecule has 0 aliphatic heterocycles. The third kappa shape index (κ3) is 9.19. The summed E-state index contributed by atoms with van der Waals surface area (Å²) in [6.45, 7) is -1.09. The summed E-state index contributed by atoms with van der Waals surface area (Å²) in [7, 11) is -5.11. The van der Waals surface area contributed by atoms with Crippen molar-refractivity contribution in [1.29, 1.82) is 0 Å². The number of alkyl halides is 9. The van der Waals surface area contributed by atoms with Gasteiger partial charge in [-0.05, 0) is 12.8 Å². The molecule has 8 unspecified atom stereocenters. The molecule has 26 heavy (non-hydrogen) atoms. The molecule has 0 saturated heterocycles. The number of hydrogen-bond acceptors (Lipinski definition) is 2. The maximum atomic E-state index is 13.4. The molecule has 0 spiro atoms. The molecule has 14 heteroatoms. The molecular weight excluding hydrogens is 402 g/mol. The van der Waals surface area contributed by atoms with Crippen LogP contribution in [0.3, 0.4) is 0 Å². The van der Waals surface area contributed by atoms with Crippen LogP contribution in [0.25, 0.3) is 0 Å². The van der Waals surface area contributed by atoms with E-state index in [2.05, 4.69) is 0 Å². The van der Waals surface area contributed by atoms with Gasteiger partial charge in [-0.15, -0.1) is 0 Å². The van der Waals surface area contributed by atoms with Crippen LogP contribution in [0.4, 0.5) is 39.5 Å². The fourth-order valence-electron chi connectivity index (χ4n) is 1.83. The van der Waals surface area contributed by atoms with Gasteiger partial charge >= 0.3 is 18.9 Å². The quantitative estimate of drug-likeness (QED) is 0.284. The summed E-state index contributed by atoms with van der Waals surface area (Å²) < 4.78 is 147. The molecule has 0 aromatic rings. The topological polar surface area (TPSA) is 54.4 Å². The fraction of sp³-hybridized carbons (Fsp3) is 1.00. The first kappa shape index (κ1) is 28.1. The molecule has 0 fully saturated rings. The van der Waals surface area contributed by atoms with E-state index < -0.39 is 84.8 Å². The minimum atomic E-state index is -5.11. The molecule has 0 saturated carbocycles. The van der Waals surface area contributed by atoms with Gasteiger partial charge in [-0.2, -0.15) is 8.42 Å². The molecule has 0 heterocycles. The molecule has 3 nitrogen and oxygen atoms in total. The van der Waals surface area contributed by atoms with E-state index in [0.717, 1.165) is 0 Å². The SMILES string of the molecule is O=S(=O)(O)CC(F)C(F)C(F)C(F)C(F)C(F)C(F)C(F)CCCF.[H-].[Li+].